The molecule has 6 nitrogen and oxygen atoms in total. The van der Waals surface area contributed by atoms with Crippen LogP contribution < -0.4 is 10.6 Å². The zero-order valence-corrected chi connectivity index (χ0v) is 16.0. The number of aryl methyl sites for hydroxylation is 1. The van der Waals surface area contributed by atoms with Gasteiger partial charge in [-0.15, -0.1) is 0 Å². The number of guanidine groups is 1. The van der Waals surface area contributed by atoms with E-state index in [1.807, 2.05) is 11.7 Å². The highest BCUT2D eigenvalue weighted by Crippen LogP contribution is 2.49. The summed E-state index contributed by atoms with van der Waals surface area (Å²) < 4.78 is 3.18. The molecule has 1 aliphatic heterocycles. The van der Waals surface area contributed by atoms with Crippen LogP contribution in [0.2, 0.25) is 0 Å². The van der Waals surface area contributed by atoms with Crippen molar-refractivity contribution in [1.29, 1.82) is 0 Å². The predicted octanol–water partition coefficient (Wildman–Crippen LogP) is 2.25. The first-order chi connectivity index (χ1) is 12.2. The van der Waals surface area contributed by atoms with Crippen molar-refractivity contribution in [3.05, 3.63) is 46.5 Å². The summed E-state index contributed by atoms with van der Waals surface area (Å²) in [5.41, 5.74) is 1.62. The standard InChI is InChI=1S/C18H23BrN6/c1-20-17(24-13-6-7-16-22-12-23-25(16)10-13)21-11-18(8-9-18)14-4-2-3-5-15(14)19/h2-5,12-13H,6-11H2,1H3,(H2,20,21,24). The maximum atomic E-state index is 4.41. The van der Waals surface area contributed by atoms with E-state index in [4.69, 9.17) is 0 Å². The van der Waals surface area contributed by atoms with Gasteiger partial charge in [0.15, 0.2) is 5.96 Å². The Hall–Kier alpha value is -1.89. The Morgan fingerprint density at radius 2 is 2.24 bits per heavy atom. The number of rotatable bonds is 4. The summed E-state index contributed by atoms with van der Waals surface area (Å²) in [6.45, 7) is 1.74. The number of halogens is 1. The number of nitrogens with zero attached hydrogens (tertiary/aromatic N) is 4. The first-order valence-corrected chi connectivity index (χ1v) is 9.58. The second kappa shape index (κ2) is 6.78. The SMILES string of the molecule is CN=C(NCC1(c2ccccc2Br)CC1)NC1CCc2ncnn2C1. The fraction of sp³-hybridized carbons (Fsp3) is 0.500. The normalized spacial score (nSPS) is 21.5. The molecule has 1 aliphatic carbocycles. The Labute approximate surface area is 156 Å². The molecule has 0 radical (unpaired) electrons. The summed E-state index contributed by atoms with van der Waals surface area (Å²) in [6, 6.07) is 8.87. The highest BCUT2D eigenvalue weighted by molar-refractivity contribution is 9.10. The zero-order chi connectivity index (χ0) is 17.3. The molecule has 1 aromatic heterocycles. The number of aliphatic imine (C=N–C) groups is 1. The fourth-order valence-electron chi connectivity index (χ4n) is 3.58. The molecule has 132 valence electrons. The van der Waals surface area contributed by atoms with Crippen LogP contribution in [0.15, 0.2) is 40.1 Å². The number of nitrogens with one attached hydrogen (secondary N) is 2. The van der Waals surface area contributed by atoms with Crippen LogP contribution in [-0.4, -0.2) is 40.4 Å². The highest BCUT2D eigenvalue weighted by Gasteiger charge is 2.45. The fourth-order valence-corrected chi connectivity index (χ4v) is 4.29. The van der Waals surface area contributed by atoms with E-state index in [9.17, 15) is 0 Å². The second-order valence-corrected chi connectivity index (χ2v) is 7.78. The molecule has 2 heterocycles. The average Bonchev–Trinajstić information content (AvgIpc) is 3.27. The van der Waals surface area contributed by atoms with E-state index in [0.717, 1.165) is 37.7 Å². The van der Waals surface area contributed by atoms with Crippen molar-refractivity contribution in [2.45, 2.75) is 43.7 Å². The maximum absolute atomic E-state index is 4.41. The van der Waals surface area contributed by atoms with Crippen molar-refractivity contribution in [2.75, 3.05) is 13.6 Å². The minimum absolute atomic E-state index is 0.226. The van der Waals surface area contributed by atoms with Gasteiger partial charge in [-0.25, -0.2) is 9.67 Å². The van der Waals surface area contributed by atoms with E-state index < -0.39 is 0 Å². The zero-order valence-electron chi connectivity index (χ0n) is 14.4. The lowest BCUT2D eigenvalue weighted by Gasteiger charge is -2.26. The van der Waals surface area contributed by atoms with Crippen LogP contribution in [0, 0.1) is 0 Å². The van der Waals surface area contributed by atoms with Crippen molar-refractivity contribution in [3.63, 3.8) is 0 Å². The van der Waals surface area contributed by atoms with Gasteiger partial charge in [-0.1, -0.05) is 34.1 Å². The molecule has 1 saturated carbocycles. The van der Waals surface area contributed by atoms with Gasteiger partial charge in [0.25, 0.3) is 0 Å². The number of aromatic nitrogens is 3. The summed E-state index contributed by atoms with van der Waals surface area (Å²) in [7, 11) is 1.83. The number of hydrogen-bond donors (Lipinski definition) is 2. The van der Waals surface area contributed by atoms with E-state index in [2.05, 4.69) is 65.9 Å². The van der Waals surface area contributed by atoms with Gasteiger partial charge in [-0.2, -0.15) is 5.10 Å². The van der Waals surface area contributed by atoms with E-state index in [1.54, 1.807) is 6.33 Å². The quantitative estimate of drug-likeness (QED) is 0.607. The van der Waals surface area contributed by atoms with E-state index >= 15 is 0 Å². The minimum atomic E-state index is 0.226. The van der Waals surface area contributed by atoms with Crippen LogP contribution in [0.3, 0.4) is 0 Å². The molecule has 2 aliphatic rings. The van der Waals surface area contributed by atoms with Gasteiger partial charge in [-0.3, -0.25) is 4.99 Å². The van der Waals surface area contributed by atoms with Crippen molar-refractivity contribution >= 4 is 21.9 Å². The lowest BCUT2D eigenvalue weighted by Crippen LogP contribution is -2.48. The van der Waals surface area contributed by atoms with Crippen molar-refractivity contribution in [1.82, 2.24) is 25.4 Å². The van der Waals surface area contributed by atoms with Crippen LogP contribution >= 0.6 is 15.9 Å². The van der Waals surface area contributed by atoms with Gasteiger partial charge in [0, 0.05) is 35.9 Å². The monoisotopic (exact) mass is 402 g/mol. The summed E-state index contributed by atoms with van der Waals surface area (Å²) in [5.74, 6) is 1.94. The molecule has 7 heteroatoms. The third-order valence-electron chi connectivity index (χ3n) is 5.26. The van der Waals surface area contributed by atoms with Gasteiger partial charge >= 0.3 is 0 Å². The molecule has 1 unspecified atom stereocenters. The maximum Gasteiger partial charge on any atom is 0.191 e. The number of hydrogen-bond acceptors (Lipinski definition) is 3. The Bertz CT molecular complexity index is 779. The van der Waals surface area contributed by atoms with Gasteiger partial charge in [-0.05, 0) is 30.9 Å². The molecular weight excluding hydrogens is 380 g/mol. The third-order valence-corrected chi connectivity index (χ3v) is 5.95. The molecule has 0 bridgehead atoms. The summed E-state index contributed by atoms with van der Waals surface area (Å²) >= 11 is 3.70. The molecule has 4 rings (SSSR count). The smallest absolute Gasteiger partial charge is 0.191 e. The summed E-state index contributed by atoms with van der Waals surface area (Å²) in [6.07, 6.45) is 6.07. The Balaban J connectivity index is 1.37. The van der Waals surface area contributed by atoms with Crippen LogP contribution in [0.1, 0.15) is 30.7 Å². The first kappa shape index (κ1) is 16.6. The second-order valence-electron chi connectivity index (χ2n) is 6.92. The molecule has 1 aromatic carbocycles. The van der Waals surface area contributed by atoms with E-state index in [0.29, 0.717) is 6.04 Å². The molecular formula is C18H23BrN6. The Kier molecular flexibility index (Phi) is 4.50. The number of fused-ring (bicyclic) bond motifs is 1. The Morgan fingerprint density at radius 1 is 1.40 bits per heavy atom. The molecule has 2 N–H and O–H groups in total. The molecule has 1 fully saturated rings. The van der Waals surface area contributed by atoms with Crippen molar-refractivity contribution in [2.24, 2.45) is 4.99 Å². The number of benzene rings is 1. The van der Waals surface area contributed by atoms with Crippen molar-refractivity contribution < 1.29 is 0 Å². The lowest BCUT2D eigenvalue weighted by atomic mass is 9.96. The minimum Gasteiger partial charge on any atom is -0.356 e. The Morgan fingerprint density at radius 3 is 3.00 bits per heavy atom. The molecule has 25 heavy (non-hydrogen) atoms. The van der Waals surface area contributed by atoms with Crippen LogP contribution in [0.25, 0.3) is 0 Å². The van der Waals surface area contributed by atoms with Gasteiger partial charge in [0.05, 0.1) is 6.54 Å². The van der Waals surface area contributed by atoms with E-state index in [1.165, 1.54) is 22.9 Å². The molecule has 2 aromatic rings. The van der Waals surface area contributed by atoms with Crippen molar-refractivity contribution in [3.8, 4) is 0 Å². The first-order valence-electron chi connectivity index (χ1n) is 8.79. The topological polar surface area (TPSA) is 67.1 Å². The van der Waals surface area contributed by atoms with Gasteiger partial charge in [0.2, 0.25) is 0 Å². The van der Waals surface area contributed by atoms with E-state index in [-0.39, 0.29) is 5.41 Å². The van der Waals surface area contributed by atoms with Crippen LogP contribution in [0.5, 0.6) is 0 Å². The third kappa shape index (κ3) is 3.42. The lowest BCUT2D eigenvalue weighted by molar-refractivity contribution is 0.392. The summed E-state index contributed by atoms with van der Waals surface area (Å²) in [4.78, 5) is 8.69. The van der Waals surface area contributed by atoms with Gasteiger partial charge in [0.1, 0.15) is 12.2 Å². The molecule has 1 atom stereocenters. The predicted molar refractivity (Wildman–Crippen MR) is 102 cm³/mol. The van der Waals surface area contributed by atoms with Gasteiger partial charge < -0.3 is 10.6 Å². The summed E-state index contributed by atoms with van der Waals surface area (Å²) in [5, 5.41) is 11.4. The largest absolute Gasteiger partial charge is 0.356 e. The molecule has 0 saturated heterocycles. The molecule has 0 amide bonds. The highest BCUT2D eigenvalue weighted by atomic mass is 79.9. The average molecular weight is 403 g/mol. The van der Waals surface area contributed by atoms with Crippen LogP contribution in [-0.2, 0) is 18.4 Å². The van der Waals surface area contributed by atoms with Crippen LogP contribution in [0.4, 0.5) is 0 Å². The molecule has 0 spiro atoms.